The van der Waals surface area contributed by atoms with Gasteiger partial charge in [-0.2, -0.15) is 0 Å². The Bertz CT molecular complexity index is 451. The van der Waals surface area contributed by atoms with Crippen LogP contribution in [0.1, 0.15) is 58.1 Å². The Balaban J connectivity index is 2.14. The van der Waals surface area contributed by atoms with Crippen LogP contribution in [0.4, 0.5) is 0 Å². The zero-order chi connectivity index (χ0) is 15.4. The van der Waals surface area contributed by atoms with Gasteiger partial charge in [-0.15, -0.1) is 0 Å². The van der Waals surface area contributed by atoms with Gasteiger partial charge in [-0.25, -0.2) is 0 Å². The molecule has 118 valence electrons. The van der Waals surface area contributed by atoms with Gasteiger partial charge in [0.05, 0.1) is 0 Å². The van der Waals surface area contributed by atoms with Crippen molar-refractivity contribution in [3.8, 4) is 0 Å². The zero-order valence-corrected chi connectivity index (χ0v) is 14.8. The number of hydrogen-bond donors (Lipinski definition) is 1. The van der Waals surface area contributed by atoms with Gasteiger partial charge in [0, 0.05) is 16.1 Å². The van der Waals surface area contributed by atoms with Crippen molar-refractivity contribution in [1.29, 1.82) is 0 Å². The van der Waals surface area contributed by atoms with Crippen molar-refractivity contribution in [2.45, 2.75) is 52.5 Å². The fourth-order valence-corrected chi connectivity index (χ4v) is 4.06. The minimum Gasteiger partial charge on any atom is -0.310 e. The van der Waals surface area contributed by atoms with Crippen LogP contribution in [-0.4, -0.2) is 6.54 Å². The number of halogens is 2. The van der Waals surface area contributed by atoms with E-state index in [0.717, 1.165) is 28.4 Å². The highest BCUT2D eigenvalue weighted by atomic mass is 35.5. The smallest absolute Gasteiger partial charge is 0.0454 e. The largest absolute Gasteiger partial charge is 0.310 e. The Hall–Kier alpha value is -0.240. The van der Waals surface area contributed by atoms with Crippen LogP contribution in [0.15, 0.2) is 18.2 Å². The molecule has 2 rings (SSSR count). The highest BCUT2D eigenvalue weighted by Gasteiger charge is 2.30. The van der Waals surface area contributed by atoms with E-state index in [0.29, 0.717) is 12.0 Å². The average molecular weight is 328 g/mol. The minimum absolute atomic E-state index is 0.328. The molecule has 21 heavy (non-hydrogen) atoms. The Labute approximate surface area is 139 Å². The summed E-state index contributed by atoms with van der Waals surface area (Å²) in [4.78, 5) is 0. The van der Waals surface area contributed by atoms with Gasteiger partial charge < -0.3 is 5.32 Å². The first-order valence-electron chi connectivity index (χ1n) is 8.21. The van der Waals surface area contributed by atoms with Crippen LogP contribution < -0.4 is 5.32 Å². The van der Waals surface area contributed by atoms with Gasteiger partial charge in [-0.1, -0.05) is 44.0 Å². The predicted molar refractivity (Wildman–Crippen MR) is 93.2 cm³/mol. The second-order valence-electron chi connectivity index (χ2n) is 6.62. The molecular formula is C18H27Cl2N. The Morgan fingerprint density at radius 2 is 1.71 bits per heavy atom. The summed E-state index contributed by atoms with van der Waals surface area (Å²) in [6, 6.07) is 6.15. The Kier molecular flexibility index (Phi) is 6.40. The van der Waals surface area contributed by atoms with E-state index < -0.39 is 0 Å². The average Bonchev–Trinajstić information content (AvgIpc) is 2.48. The maximum atomic E-state index is 6.43. The molecule has 1 unspecified atom stereocenters. The molecule has 1 N–H and O–H groups in total. The minimum atomic E-state index is 0.328. The lowest BCUT2D eigenvalue weighted by atomic mass is 9.73. The maximum Gasteiger partial charge on any atom is 0.0454 e. The molecule has 1 atom stereocenters. The molecule has 1 aromatic rings. The number of rotatable bonds is 5. The van der Waals surface area contributed by atoms with Crippen LogP contribution in [0, 0.1) is 17.8 Å². The van der Waals surface area contributed by atoms with Crippen molar-refractivity contribution in [3.63, 3.8) is 0 Å². The summed E-state index contributed by atoms with van der Waals surface area (Å²) in [5.41, 5.74) is 1.17. The highest BCUT2D eigenvalue weighted by molar-refractivity contribution is 6.33. The summed E-state index contributed by atoms with van der Waals surface area (Å²) in [5.74, 6) is 2.35. The first-order chi connectivity index (χ1) is 10.0. The van der Waals surface area contributed by atoms with Crippen molar-refractivity contribution >= 4 is 23.2 Å². The molecule has 0 radical (unpaired) electrons. The summed E-state index contributed by atoms with van der Waals surface area (Å²) in [6.07, 6.45) is 5.23. The Morgan fingerprint density at radius 1 is 1.10 bits per heavy atom. The lowest BCUT2D eigenvalue weighted by molar-refractivity contribution is 0.190. The molecule has 1 aliphatic rings. The van der Waals surface area contributed by atoms with Gasteiger partial charge in [-0.05, 0) is 73.7 Å². The van der Waals surface area contributed by atoms with Crippen LogP contribution in [-0.2, 0) is 0 Å². The SMILES string of the molecule is CCNC(c1cc(Cl)ccc1Cl)C1CCC(C(C)C)CC1. The van der Waals surface area contributed by atoms with Gasteiger partial charge in [0.25, 0.3) is 0 Å². The molecule has 1 nitrogen and oxygen atoms in total. The lowest BCUT2D eigenvalue weighted by Gasteiger charge is -2.36. The van der Waals surface area contributed by atoms with Gasteiger partial charge in [0.15, 0.2) is 0 Å². The zero-order valence-electron chi connectivity index (χ0n) is 13.3. The molecule has 0 bridgehead atoms. The van der Waals surface area contributed by atoms with Crippen molar-refractivity contribution in [2.24, 2.45) is 17.8 Å². The van der Waals surface area contributed by atoms with Crippen molar-refractivity contribution in [3.05, 3.63) is 33.8 Å². The van der Waals surface area contributed by atoms with E-state index in [2.05, 4.69) is 26.1 Å². The van der Waals surface area contributed by atoms with Crippen LogP contribution in [0.5, 0.6) is 0 Å². The van der Waals surface area contributed by atoms with E-state index in [1.54, 1.807) is 0 Å². The number of hydrogen-bond acceptors (Lipinski definition) is 1. The number of benzene rings is 1. The standard InChI is InChI=1S/C18H27Cl2N/c1-4-21-18(16-11-15(19)9-10-17(16)20)14-7-5-13(6-8-14)12(2)3/h9-14,18,21H,4-8H2,1-3H3. The normalized spacial score (nSPS) is 24.3. The predicted octanol–water partition coefficient (Wildman–Crippen LogP) is 6.11. The summed E-state index contributed by atoms with van der Waals surface area (Å²) < 4.78 is 0. The second kappa shape index (κ2) is 7.85. The molecule has 3 heteroatoms. The summed E-state index contributed by atoms with van der Waals surface area (Å²) >= 11 is 12.6. The van der Waals surface area contributed by atoms with Crippen LogP contribution >= 0.6 is 23.2 Å². The number of nitrogens with one attached hydrogen (secondary N) is 1. The topological polar surface area (TPSA) is 12.0 Å². The van der Waals surface area contributed by atoms with Gasteiger partial charge in [-0.3, -0.25) is 0 Å². The van der Waals surface area contributed by atoms with Crippen molar-refractivity contribution in [1.82, 2.24) is 5.32 Å². The fourth-order valence-electron chi connectivity index (χ4n) is 3.65. The third-order valence-corrected chi connectivity index (χ3v) is 5.53. The molecule has 1 aliphatic carbocycles. The van der Waals surface area contributed by atoms with Crippen LogP contribution in [0.25, 0.3) is 0 Å². The van der Waals surface area contributed by atoms with E-state index in [4.69, 9.17) is 23.2 Å². The van der Waals surface area contributed by atoms with E-state index in [-0.39, 0.29) is 0 Å². The third kappa shape index (κ3) is 4.37. The molecule has 0 aromatic heterocycles. The van der Waals surface area contributed by atoms with Gasteiger partial charge in [0.1, 0.15) is 0 Å². The molecular weight excluding hydrogens is 301 g/mol. The van der Waals surface area contributed by atoms with Crippen LogP contribution in [0.2, 0.25) is 10.0 Å². The van der Waals surface area contributed by atoms with Crippen LogP contribution in [0.3, 0.4) is 0 Å². The summed E-state index contributed by atoms with van der Waals surface area (Å²) in [7, 11) is 0. The molecule has 1 saturated carbocycles. The Morgan fingerprint density at radius 3 is 2.29 bits per heavy atom. The first kappa shape index (κ1) is 17.1. The maximum absolute atomic E-state index is 6.43. The van der Waals surface area contributed by atoms with E-state index in [1.165, 1.54) is 31.2 Å². The highest BCUT2D eigenvalue weighted by Crippen LogP contribution is 2.41. The molecule has 0 spiro atoms. The third-order valence-electron chi connectivity index (χ3n) is 4.95. The molecule has 1 aromatic carbocycles. The van der Waals surface area contributed by atoms with Crippen molar-refractivity contribution < 1.29 is 0 Å². The quantitative estimate of drug-likeness (QED) is 0.688. The van der Waals surface area contributed by atoms with E-state index >= 15 is 0 Å². The van der Waals surface area contributed by atoms with Gasteiger partial charge >= 0.3 is 0 Å². The fraction of sp³-hybridized carbons (Fsp3) is 0.667. The lowest BCUT2D eigenvalue weighted by Crippen LogP contribution is -2.32. The molecule has 1 fully saturated rings. The first-order valence-corrected chi connectivity index (χ1v) is 8.96. The van der Waals surface area contributed by atoms with Crippen molar-refractivity contribution in [2.75, 3.05) is 6.54 Å². The summed E-state index contributed by atoms with van der Waals surface area (Å²) in [6.45, 7) is 7.81. The van der Waals surface area contributed by atoms with E-state index in [9.17, 15) is 0 Å². The molecule has 0 saturated heterocycles. The molecule has 0 aliphatic heterocycles. The van der Waals surface area contributed by atoms with Gasteiger partial charge in [0.2, 0.25) is 0 Å². The van der Waals surface area contributed by atoms with E-state index in [1.807, 2.05) is 18.2 Å². The molecule has 0 amide bonds. The second-order valence-corrected chi connectivity index (χ2v) is 7.46. The molecule has 0 heterocycles. The summed E-state index contributed by atoms with van der Waals surface area (Å²) in [5, 5.41) is 5.24. The monoisotopic (exact) mass is 327 g/mol.